The van der Waals surface area contributed by atoms with Gasteiger partial charge >= 0.3 is 0 Å². The molecule has 0 spiro atoms. The second kappa shape index (κ2) is 4.61. The van der Waals surface area contributed by atoms with E-state index in [4.69, 9.17) is 0 Å². The van der Waals surface area contributed by atoms with Crippen LogP contribution >= 0.6 is 11.3 Å². The van der Waals surface area contributed by atoms with Crippen LogP contribution in [0.1, 0.15) is 17.8 Å². The van der Waals surface area contributed by atoms with Gasteiger partial charge in [-0.3, -0.25) is 9.59 Å². The minimum absolute atomic E-state index is 0.0250. The van der Waals surface area contributed by atoms with E-state index < -0.39 is 0 Å². The zero-order valence-corrected chi connectivity index (χ0v) is 9.79. The second-order valence-electron chi connectivity index (χ2n) is 3.82. The number of amides is 2. The number of hydrogen-bond acceptors (Lipinski definition) is 4. The number of carbonyl (C=O) groups excluding carboxylic acids is 2. The quantitative estimate of drug-likeness (QED) is 0.820. The van der Waals surface area contributed by atoms with Crippen molar-refractivity contribution in [2.24, 2.45) is 0 Å². The third-order valence-corrected chi connectivity index (χ3v) is 3.50. The standard InChI is InChI=1S/C10H13N3O2S/c1-7(10-11-2-3-16-10)5-13-6-8(14)12-4-9(13)15/h2-3,7H,4-6H2,1H3,(H,12,14). The third-order valence-electron chi connectivity index (χ3n) is 2.49. The van der Waals surface area contributed by atoms with Gasteiger partial charge in [-0.1, -0.05) is 6.92 Å². The first-order chi connectivity index (χ1) is 7.66. The van der Waals surface area contributed by atoms with Crippen LogP contribution in [0, 0.1) is 0 Å². The maximum absolute atomic E-state index is 11.5. The zero-order chi connectivity index (χ0) is 11.5. The van der Waals surface area contributed by atoms with E-state index in [1.165, 1.54) is 0 Å². The highest BCUT2D eigenvalue weighted by Gasteiger charge is 2.25. The van der Waals surface area contributed by atoms with E-state index in [2.05, 4.69) is 10.3 Å². The molecule has 5 nitrogen and oxygen atoms in total. The number of hydrogen-bond donors (Lipinski definition) is 1. The van der Waals surface area contributed by atoms with E-state index >= 15 is 0 Å². The summed E-state index contributed by atoms with van der Waals surface area (Å²) in [7, 11) is 0. The highest BCUT2D eigenvalue weighted by Crippen LogP contribution is 2.19. The van der Waals surface area contributed by atoms with Crippen molar-refractivity contribution in [2.75, 3.05) is 19.6 Å². The Hall–Kier alpha value is -1.43. The van der Waals surface area contributed by atoms with Gasteiger partial charge in [-0.25, -0.2) is 4.98 Å². The number of piperazine rings is 1. The number of thiazole rings is 1. The first kappa shape index (κ1) is 11.1. The molecule has 1 unspecified atom stereocenters. The molecule has 0 aliphatic carbocycles. The van der Waals surface area contributed by atoms with Crippen LogP contribution in [0.5, 0.6) is 0 Å². The summed E-state index contributed by atoms with van der Waals surface area (Å²) < 4.78 is 0. The van der Waals surface area contributed by atoms with Crippen molar-refractivity contribution in [1.82, 2.24) is 15.2 Å². The summed E-state index contributed by atoms with van der Waals surface area (Å²) in [5.41, 5.74) is 0. The molecule has 0 saturated carbocycles. The lowest BCUT2D eigenvalue weighted by Gasteiger charge is -2.28. The van der Waals surface area contributed by atoms with Crippen LogP contribution in [0.15, 0.2) is 11.6 Å². The Bertz CT molecular complexity index is 391. The molecule has 2 amide bonds. The van der Waals surface area contributed by atoms with Crippen LogP contribution in [0.2, 0.25) is 0 Å². The van der Waals surface area contributed by atoms with Gasteiger partial charge in [0.25, 0.3) is 0 Å². The molecule has 0 aromatic carbocycles. The van der Waals surface area contributed by atoms with E-state index in [0.29, 0.717) is 6.54 Å². The largest absolute Gasteiger partial charge is 0.345 e. The van der Waals surface area contributed by atoms with Gasteiger partial charge in [0, 0.05) is 24.0 Å². The van der Waals surface area contributed by atoms with E-state index in [-0.39, 0.29) is 30.8 Å². The predicted molar refractivity (Wildman–Crippen MR) is 60.1 cm³/mol. The summed E-state index contributed by atoms with van der Waals surface area (Å²) in [6.07, 6.45) is 1.75. The van der Waals surface area contributed by atoms with Gasteiger partial charge in [0.15, 0.2) is 0 Å². The molecule has 1 aromatic rings. The average molecular weight is 239 g/mol. The number of carbonyl (C=O) groups is 2. The lowest BCUT2D eigenvalue weighted by Crippen LogP contribution is -2.52. The maximum Gasteiger partial charge on any atom is 0.242 e. The van der Waals surface area contributed by atoms with Gasteiger partial charge in [0.2, 0.25) is 11.8 Å². The Balaban J connectivity index is 1.98. The summed E-state index contributed by atoms with van der Waals surface area (Å²) in [6, 6.07) is 0. The molecule has 2 rings (SSSR count). The van der Waals surface area contributed by atoms with Crippen molar-refractivity contribution in [2.45, 2.75) is 12.8 Å². The Morgan fingerprint density at radius 1 is 1.62 bits per heavy atom. The average Bonchev–Trinajstić information content (AvgIpc) is 2.76. The topological polar surface area (TPSA) is 62.3 Å². The monoisotopic (exact) mass is 239 g/mol. The highest BCUT2D eigenvalue weighted by atomic mass is 32.1. The van der Waals surface area contributed by atoms with Crippen LogP contribution in [0.25, 0.3) is 0 Å². The molecule has 1 aliphatic heterocycles. The van der Waals surface area contributed by atoms with Gasteiger partial charge in [-0.15, -0.1) is 11.3 Å². The van der Waals surface area contributed by atoms with Crippen LogP contribution in [-0.4, -0.2) is 41.3 Å². The van der Waals surface area contributed by atoms with Crippen LogP contribution in [0.4, 0.5) is 0 Å². The van der Waals surface area contributed by atoms with Gasteiger partial charge in [-0.2, -0.15) is 0 Å². The number of nitrogens with zero attached hydrogens (tertiary/aromatic N) is 2. The minimum Gasteiger partial charge on any atom is -0.345 e. The number of nitrogens with one attached hydrogen (secondary N) is 1. The Morgan fingerprint density at radius 3 is 3.12 bits per heavy atom. The number of aromatic nitrogens is 1. The van der Waals surface area contributed by atoms with E-state index in [9.17, 15) is 9.59 Å². The Kier molecular flexibility index (Phi) is 3.19. The molecule has 6 heteroatoms. The minimum atomic E-state index is -0.0917. The molecule has 1 N–H and O–H groups in total. The Morgan fingerprint density at radius 2 is 2.44 bits per heavy atom. The normalized spacial score (nSPS) is 18.4. The molecule has 1 fully saturated rings. The zero-order valence-electron chi connectivity index (χ0n) is 8.97. The van der Waals surface area contributed by atoms with Crippen molar-refractivity contribution in [3.8, 4) is 0 Å². The van der Waals surface area contributed by atoms with Gasteiger partial charge in [0.05, 0.1) is 18.1 Å². The molecule has 0 bridgehead atoms. The summed E-state index contributed by atoms with van der Waals surface area (Å²) in [6.45, 7) is 2.84. The van der Waals surface area contributed by atoms with Crippen LogP contribution in [-0.2, 0) is 9.59 Å². The fourth-order valence-corrected chi connectivity index (χ4v) is 2.35. The molecule has 86 valence electrons. The summed E-state index contributed by atoms with van der Waals surface area (Å²) in [5, 5.41) is 5.44. The molecule has 0 radical (unpaired) electrons. The van der Waals surface area contributed by atoms with E-state index in [1.807, 2.05) is 12.3 Å². The predicted octanol–water partition coefficient (Wildman–Crippen LogP) is 0.205. The van der Waals surface area contributed by atoms with Crippen LogP contribution in [0.3, 0.4) is 0 Å². The first-order valence-electron chi connectivity index (χ1n) is 5.10. The van der Waals surface area contributed by atoms with Crippen molar-refractivity contribution >= 4 is 23.2 Å². The second-order valence-corrected chi connectivity index (χ2v) is 4.75. The summed E-state index contributed by atoms with van der Waals surface area (Å²) in [4.78, 5) is 28.5. The van der Waals surface area contributed by atoms with Gasteiger partial charge in [0.1, 0.15) is 0 Å². The van der Waals surface area contributed by atoms with E-state index in [1.54, 1.807) is 22.4 Å². The van der Waals surface area contributed by atoms with Gasteiger partial charge < -0.3 is 10.2 Å². The maximum atomic E-state index is 11.5. The van der Waals surface area contributed by atoms with Crippen molar-refractivity contribution < 1.29 is 9.59 Å². The molecule has 2 heterocycles. The lowest BCUT2D eigenvalue weighted by atomic mass is 10.1. The van der Waals surface area contributed by atoms with Gasteiger partial charge in [-0.05, 0) is 0 Å². The molecule has 1 atom stereocenters. The molecular weight excluding hydrogens is 226 g/mol. The summed E-state index contributed by atoms with van der Waals surface area (Å²) in [5.74, 6) is 0.0591. The summed E-state index contributed by atoms with van der Waals surface area (Å²) >= 11 is 1.57. The molecule has 1 aromatic heterocycles. The fourth-order valence-electron chi connectivity index (χ4n) is 1.66. The highest BCUT2D eigenvalue weighted by molar-refractivity contribution is 7.09. The molecule has 1 aliphatic rings. The Labute approximate surface area is 97.5 Å². The third kappa shape index (κ3) is 2.38. The molecule has 16 heavy (non-hydrogen) atoms. The lowest BCUT2D eigenvalue weighted by molar-refractivity contribution is -0.140. The van der Waals surface area contributed by atoms with E-state index in [0.717, 1.165) is 5.01 Å². The van der Waals surface area contributed by atoms with Crippen molar-refractivity contribution in [1.29, 1.82) is 0 Å². The van der Waals surface area contributed by atoms with Crippen molar-refractivity contribution in [3.63, 3.8) is 0 Å². The molecular formula is C10H13N3O2S. The van der Waals surface area contributed by atoms with Crippen LogP contribution < -0.4 is 5.32 Å². The smallest absolute Gasteiger partial charge is 0.242 e. The SMILES string of the molecule is CC(CN1CC(=O)NCC1=O)c1nccs1. The van der Waals surface area contributed by atoms with Crippen molar-refractivity contribution in [3.05, 3.63) is 16.6 Å². The molecule has 1 saturated heterocycles. The fraction of sp³-hybridized carbons (Fsp3) is 0.500. The first-order valence-corrected chi connectivity index (χ1v) is 5.98. The number of rotatable bonds is 3.